The predicted octanol–water partition coefficient (Wildman–Crippen LogP) is 3.47. The molecule has 0 saturated carbocycles. The molecular formula is C23H36N6O. The molecule has 0 spiro atoms. The third-order valence-electron chi connectivity index (χ3n) is 6.55. The van der Waals surface area contributed by atoms with E-state index in [1.165, 1.54) is 12.8 Å². The highest BCUT2D eigenvalue weighted by molar-refractivity contribution is 5.80. The summed E-state index contributed by atoms with van der Waals surface area (Å²) in [6, 6.07) is 4.82. The van der Waals surface area contributed by atoms with Crippen molar-refractivity contribution in [2.24, 2.45) is 10.9 Å². The molecule has 2 aromatic rings. The van der Waals surface area contributed by atoms with Crippen LogP contribution in [0.1, 0.15) is 56.7 Å². The van der Waals surface area contributed by atoms with Crippen LogP contribution in [0.15, 0.2) is 40.3 Å². The highest BCUT2D eigenvalue weighted by Gasteiger charge is 2.30. The summed E-state index contributed by atoms with van der Waals surface area (Å²) in [4.78, 5) is 14.3. The number of hydrogen-bond acceptors (Lipinski definition) is 4. The number of aromatic nitrogens is 2. The fourth-order valence-electron chi connectivity index (χ4n) is 4.76. The zero-order chi connectivity index (χ0) is 20.9. The number of aliphatic imine (C=N–C) groups is 1. The van der Waals surface area contributed by atoms with Crippen LogP contribution in [0.2, 0.25) is 0 Å². The highest BCUT2D eigenvalue weighted by Crippen LogP contribution is 2.29. The molecule has 0 radical (unpaired) electrons. The van der Waals surface area contributed by atoms with Gasteiger partial charge < -0.3 is 19.2 Å². The monoisotopic (exact) mass is 412 g/mol. The molecule has 0 aliphatic carbocycles. The Kier molecular flexibility index (Phi) is 6.77. The van der Waals surface area contributed by atoms with Gasteiger partial charge in [-0.15, -0.1) is 0 Å². The standard InChI is InChI=1S/C23H36N6O/c1-4-25-23(28-13-9-18(2)21(16-28)29-14-10-24-17-29)26-15-20(27-11-5-6-12-27)22-8-7-19(3)30-22/h7-8,10,14,17-18,20-21H,4-6,9,11-13,15-16H2,1-3H3,(H,25,26). The van der Waals surface area contributed by atoms with Crippen LogP contribution in [0.3, 0.4) is 0 Å². The van der Waals surface area contributed by atoms with E-state index in [0.717, 1.165) is 63.2 Å². The number of piperidine rings is 1. The van der Waals surface area contributed by atoms with Crippen LogP contribution < -0.4 is 5.32 Å². The van der Waals surface area contributed by atoms with Crippen LogP contribution in [0.25, 0.3) is 0 Å². The van der Waals surface area contributed by atoms with Gasteiger partial charge in [-0.05, 0) is 64.3 Å². The second kappa shape index (κ2) is 9.69. The van der Waals surface area contributed by atoms with Crippen molar-refractivity contribution in [3.8, 4) is 0 Å². The van der Waals surface area contributed by atoms with Gasteiger partial charge in [-0.2, -0.15) is 0 Å². The van der Waals surface area contributed by atoms with Crippen molar-refractivity contribution in [3.63, 3.8) is 0 Å². The second-order valence-electron chi connectivity index (χ2n) is 8.69. The Morgan fingerprint density at radius 2 is 2.13 bits per heavy atom. The fourth-order valence-corrected chi connectivity index (χ4v) is 4.76. The number of nitrogens with zero attached hydrogens (tertiary/aromatic N) is 5. The van der Waals surface area contributed by atoms with Gasteiger partial charge in [-0.25, -0.2) is 4.98 Å². The van der Waals surface area contributed by atoms with Crippen LogP contribution >= 0.6 is 0 Å². The number of furan rings is 1. The van der Waals surface area contributed by atoms with E-state index in [1.54, 1.807) is 0 Å². The van der Waals surface area contributed by atoms with Crippen molar-refractivity contribution in [1.82, 2.24) is 24.7 Å². The van der Waals surface area contributed by atoms with E-state index in [9.17, 15) is 0 Å². The average molecular weight is 413 g/mol. The van der Waals surface area contributed by atoms with Crippen molar-refractivity contribution in [2.75, 3.05) is 39.3 Å². The van der Waals surface area contributed by atoms with Crippen LogP contribution in [-0.4, -0.2) is 64.6 Å². The van der Waals surface area contributed by atoms with E-state index >= 15 is 0 Å². The Hall–Kier alpha value is -2.28. The third kappa shape index (κ3) is 4.72. The minimum Gasteiger partial charge on any atom is -0.465 e. The number of imidazole rings is 1. The molecule has 7 heteroatoms. The van der Waals surface area contributed by atoms with E-state index in [1.807, 2.05) is 19.4 Å². The summed E-state index contributed by atoms with van der Waals surface area (Å²) in [5, 5.41) is 3.54. The van der Waals surface area contributed by atoms with Crippen LogP contribution in [0.5, 0.6) is 0 Å². The minimum absolute atomic E-state index is 0.211. The molecule has 0 aromatic carbocycles. The summed E-state index contributed by atoms with van der Waals surface area (Å²) >= 11 is 0. The average Bonchev–Trinajstić information content (AvgIpc) is 3.51. The molecule has 2 aliphatic rings. The first-order valence-corrected chi connectivity index (χ1v) is 11.5. The van der Waals surface area contributed by atoms with Crippen LogP contribution in [-0.2, 0) is 0 Å². The van der Waals surface area contributed by atoms with Gasteiger partial charge >= 0.3 is 0 Å². The zero-order valence-corrected chi connectivity index (χ0v) is 18.6. The van der Waals surface area contributed by atoms with Gasteiger partial charge in [0.25, 0.3) is 0 Å². The Morgan fingerprint density at radius 1 is 1.30 bits per heavy atom. The maximum Gasteiger partial charge on any atom is 0.194 e. The molecule has 7 nitrogen and oxygen atoms in total. The predicted molar refractivity (Wildman–Crippen MR) is 120 cm³/mol. The van der Waals surface area contributed by atoms with E-state index < -0.39 is 0 Å². The fraction of sp³-hybridized carbons (Fsp3) is 0.652. The molecule has 30 heavy (non-hydrogen) atoms. The molecule has 3 atom stereocenters. The molecule has 4 rings (SSSR count). The Morgan fingerprint density at radius 3 is 2.80 bits per heavy atom. The summed E-state index contributed by atoms with van der Waals surface area (Å²) in [6.45, 7) is 12.3. The summed E-state index contributed by atoms with van der Waals surface area (Å²) < 4.78 is 8.27. The maximum absolute atomic E-state index is 6.02. The van der Waals surface area contributed by atoms with Crippen LogP contribution in [0.4, 0.5) is 0 Å². The summed E-state index contributed by atoms with van der Waals surface area (Å²) in [5.74, 6) is 3.65. The van der Waals surface area contributed by atoms with Crippen molar-refractivity contribution in [1.29, 1.82) is 0 Å². The lowest BCUT2D eigenvalue weighted by Crippen LogP contribution is -2.49. The van der Waals surface area contributed by atoms with Gasteiger partial charge in [0, 0.05) is 32.0 Å². The van der Waals surface area contributed by atoms with Gasteiger partial charge in [0.15, 0.2) is 5.96 Å². The summed E-state index contributed by atoms with van der Waals surface area (Å²) in [5.41, 5.74) is 0. The normalized spacial score (nSPS) is 24.4. The highest BCUT2D eigenvalue weighted by atomic mass is 16.3. The molecule has 0 bridgehead atoms. The SMILES string of the molecule is CCNC(=NCC(c1ccc(C)o1)N1CCCC1)N1CCC(C)C(n2ccnc2)C1. The number of rotatable bonds is 6. The first kappa shape index (κ1) is 21.0. The molecule has 2 saturated heterocycles. The zero-order valence-electron chi connectivity index (χ0n) is 18.6. The molecule has 3 unspecified atom stereocenters. The van der Waals surface area contributed by atoms with Crippen molar-refractivity contribution in [2.45, 2.75) is 52.1 Å². The van der Waals surface area contributed by atoms with E-state index in [-0.39, 0.29) is 6.04 Å². The second-order valence-corrected chi connectivity index (χ2v) is 8.69. The van der Waals surface area contributed by atoms with Crippen LogP contribution in [0, 0.1) is 12.8 Å². The lowest BCUT2D eigenvalue weighted by molar-refractivity contribution is 0.187. The summed E-state index contributed by atoms with van der Waals surface area (Å²) in [6.07, 6.45) is 9.57. The quantitative estimate of drug-likeness (QED) is 0.581. The van der Waals surface area contributed by atoms with Crippen molar-refractivity contribution in [3.05, 3.63) is 42.4 Å². The van der Waals surface area contributed by atoms with E-state index in [4.69, 9.17) is 9.41 Å². The number of likely N-dealkylation sites (tertiary alicyclic amines) is 2. The van der Waals surface area contributed by atoms with E-state index in [0.29, 0.717) is 12.0 Å². The van der Waals surface area contributed by atoms with Gasteiger partial charge in [0.05, 0.1) is 25.0 Å². The number of aryl methyl sites for hydroxylation is 1. The Labute approximate surface area is 180 Å². The molecule has 1 N–H and O–H groups in total. The topological polar surface area (TPSA) is 61.8 Å². The molecule has 0 amide bonds. The molecule has 2 aromatic heterocycles. The number of guanidine groups is 1. The summed E-state index contributed by atoms with van der Waals surface area (Å²) in [7, 11) is 0. The largest absolute Gasteiger partial charge is 0.465 e. The Bertz CT molecular complexity index is 808. The number of nitrogens with one attached hydrogen (secondary N) is 1. The Balaban J connectivity index is 1.52. The molecule has 2 fully saturated rings. The van der Waals surface area contributed by atoms with Crippen molar-refractivity contribution < 1.29 is 4.42 Å². The molecular weight excluding hydrogens is 376 g/mol. The van der Waals surface area contributed by atoms with Gasteiger partial charge in [0.2, 0.25) is 0 Å². The smallest absolute Gasteiger partial charge is 0.194 e. The molecule has 4 heterocycles. The van der Waals surface area contributed by atoms with Gasteiger partial charge in [-0.1, -0.05) is 6.92 Å². The molecule has 2 aliphatic heterocycles. The maximum atomic E-state index is 6.02. The third-order valence-corrected chi connectivity index (χ3v) is 6.55. The van der Waals surface area contributed by atoms with Crippen molar-refractivity contribution >= 4 is 5.96 Å². The molecule has 164 valence electrons. The lowest BCUT2D eigenvalue weighted by Gasteiger charge is -2.39. The number of hydrogen-bond donors (Lipinski definition) is 1. The first-order chi connectivity index (χ1) is 14.7. The lowest BCUT2D eigenvalue weighted by atomic mass is 9.93. The minimum atomic E-state index is 0.211. The first-order valence-electron chi connectivity index (χ1n) is 11.5. The van der Waals surface area contributed by atoms with Gasteiger partial charge in [-0.3, -0.25) is 9.89 Å². The van der Waals surface area contributed by atoms with E-state index in [2.05, 4.69) is 56.8 Å². The van der Waals surface area contributed by atoms with Gasteiger partial charge in [0.1, 0.15) is 11.5 Å².